The molecule has 10 heavy (non-hydrogen) atoms. The van der Waals surface area contributed by atoms with Gasteiger partial charge in [0.25, 0.3) is 0 Å². The summed E-state index contributed by atoms with van der Waals surface area (Å²) in [6.45, 7) is 0. The molecule has 56 valence electrons. The molecule has 3 nitrogen and oxygen atoms in total. The lowest BCUT2D eigenvalue weighted by Crippen LogP contribution is -2.25. The highest BCUT2D eigenvalue weighted by Crippen LogP contribution is 2.17. The summed E-state index contributed by atoms with van der Waals surface area (Å²) in [5.41, 5.74) is 0. The number of methoxy groups -OCH3 is 1. The van der Waals surface area contributed by atoms with Crippen LogP contribution in [0.4, 0.5) is 0 Å². The van der Waals surface area contributed by atoms with Crippen molar-refractivity contribution in [2.45, 2.75) is 12.2 Å². The highest BCUT2D eigenvalue weighted by atomic mass is 16.5. The van der Waals surface area contributed by atoms with Crippen LogP contribution in [0.2, 0.25) is 0 Å². The molecule has 0 atom stereocenters. The molecule has 0 amide bonds. The smallest absolute Gasteiger partial charge is 0.186 e. The first kappa shape index (κ1) is 7.31. The van der Waals surface area contributed by atoms with E-state index in [1.165, 1.54) is 19.3 Å². The van der Waals surface area contributed by atoms with Crippen molar-refractivity contribution in [3.8, 4) is 0 Å². The Labute approximate surface area is 59.2 Å². The Morgan fingerprint density at radius 3 is 2.70 bits per heavy atom. The van der Waals surface area contributed by atoms with Gasteiger partial charge in [-0.3, -0.25) is 0 Å². The van der Waals surface area contributed by atoms with E-state index >= 15 is 0 Å². The Balaban J connectivity index is 2.63. The first-order chi connectivity index (χ1) is 4.64. The van der Waals surface area contributed by atoms with E-state index in [-0.39, 0.29) is 6.42 Å². The number of ether oxygens (including phenoxy) is 1. The third-order valence-corrected chi connectivity index (χ3v) is 1.35. The highest BCUT2D eigenvalue weighted by molar-refractivity contribution is 5.20. The summed E-state index contributed by atoms with van der Waals surface area (Å²) < 4.78 is 4.84. The van der Waals surface area contributed by atoms with Crippen molar-refractivity contribution in [2.24, 2.45) is 0 Å². The Hall–Kier alpha value is -0.800. The van der Waals surface area contributed by atoms with Gasteiger partial charge in [0, 0.05) is 6.42 Å². The fraction of sp³-hybridized carbons (Fsp3) is 0.429. The molecule has 0 saturated carbocycles. The molecule has 0 aromatic rings. The minimum absolute atomic E-state index is 0.187. The van der Waals surface area contributed by atoms with Gasteiger partial charge in [0.15, 0.2) is 5.79 Å². The van der Waals surface area contributed by atoms with E-state index in [4.69, 9.17) is 14.9 Å². The van der Waals surface area contributed by atoms with Crippen molar-refractivity contribution in [2.75, 3.05) is 7.11 Å². The average molecular weight is 142 g/mol. The van der Waals surface area contributed by atoms with Gasteiger partial charge >= 0.3 is 0 Å². The first-order valence-electron chi connectivity index (χ1n) is 3.02. The summed E-state index contributed by atoms with van der Waals surface area (Å²) >= 11 is 0. The summed E-state index contributed by atoms with van der Waals surface area (Å²) in [6, 6.07) is 0. The van der Waals surface area contributed by atoms with Crippen LogP contribution < -0.4 is 0 Å². The van der Waals surface area contributed by atoms with E-state index in [2.05, 4.69) is 0 Å². The molecule has 0 aromatic carbocycles. The van der Waals surface area contributed by atoms with Crippen LogP contribution >= 0.6 is 0 Å². The van der Waals surface area contributed by atoms with E-state index in [9.17, 15) is 0 Å². The normalized spacial score (nSPS) is 22.1. The molecule has 1 aliphatic rings. The third-order valence-electron chi connectivity index (χ3n) is 1.35. The van der Waals surface area contributed by atoms with E-state index in [0.717, 1.165) is 0 Å². The van der Waals surface area contributed by atoms with Crippen LogP contribution in [-0.4, -0.2) is 23.1 Å². The molecule has 0 fully saturated rings. The van der Waals surface area contributed by atoms with Crippen molar-refractivity contribution in [3.63, 3.8) is 0 Å². The lowest BCUT2D eigenvalue weighted by Gasteiger charge is -2.18. The van der Waals surface area contributed by atoms with Gasteiger partial charge in [-0.25, -0.2) is 0 Å². The fourth-order valence-corrected chi connectivity index (χ4v) is 0.754. The SMILES string of the molecule is COC1=CCC(O)(O)C=C1. The minimum atomic E-state index is -1.68. The van der Waals surface area contributed by atoms with E-state index in [1.54, 1.807) is 6.08 Å². The van der Waals surface area contributed by atoms with Crippen molar-refractivity contribution >= 4 is 0 Å². The third kappa shape index (κ3) is 1.59. The molecule has 0 aromatic heterocycles. The molecule has 0 heterocycles. The first-order valence-corrected chi connectivity index (χ1v) is 3.02. The molecule has 0 radical (unpaired) electrons. The van der Waals surface area contributed by atoms with Gasteiger partial charge in [0.05, 0.1) is 7.11 Å². The van der Waals surface area contributed by atoms with Crippen LogP contribution in [-0.2, 0) is 4.74 Å². The number of allylic oxidation sites excluding steroid dienone is 1. The monoisotopic (exact) mass is 142 g/mol. The fourth-order valence-electron chi connectivity index (χ4n) is 0.754. The zero-order valence-corrected chi connectivity index (χ0v) is 5.74. The molecular formula is C7H10O3. The van der Waals surface area contributed by atoms with Gasteiger partial charge in [-0.15, -0.1) is 0 Å². The second-order valence-electron chi connectivity index (χ2n) is 2.23. The van der Waals surface area contributed by atoms with Gasteiger partial charge in [-0.1, -0.05) is 0 Å². The van der Waals surface area contributed by atoms with E-state index in [1.807, 2.05) is 0 Å². The summed E-state index contributed by atoms with van der Waals surface area (Å²) in [5.74, 6) is -1.01. The average Bonchev–Trinajstić information content (AvgIpc) is 1.88. The van der Waals surface area contributed by atoms with Crippen LogP contribution in [0.1, 0.15) is 6.42 Å². The second-order valence-corrected chi connectivity index (χ2v) is 2.23. The number of hydrogen-bond donors (Lipinski definition) is 2. The summed E-state index contributed by atoms with van der Waals surface area (Å²) in [6.07, 6.45) is 4.64. The lowest BCUT2D eigenvalue weighted by atomic mass is 10.1. The maximum atomic E-state index is 8.96. The number of rotatable bonds is 1. The van der Waals surface area contributed by atoms with Gasteiger partial charge < -0.3 is 14.9 Å². The van der Waals surface area contributed by atoms with Crippen LogP contribution in [0.3, 0.4) is 0 Å². The summed E-state index contributed by atoms with van der Waals surface area (Å²) in [5, 5.41) is 17.9. The van der Waals surface area contributed by atoms with Crippen molar-refractivity contribution in [1.82, 2.24) is 0 Å². The largest absolute Gasteiger partial charge is 0.497 e. The Bertz CT molecular complexity index is 179. The Morgan fingerprint density at radius 2 is 2.30 bits per heavy atom. The molecule has 3 heteroatoms. The molecule has 0 spiro atoms. The summed E-state index contributed by atoms with van der Waals surface area (Å²) in [7, 11) is 1.54. The topological polar surface area (TPSA) is 49.7 Å². The summed E-state index contributed by atoms with van der Waals surface area (Å²) in [4.78, 5) is 0. The zero-order valence-electron chi connectivity index (χ0n) is 5.74. The van der Waals surface area contributed by atoms with Crippen LogP contribution in [0.15, 0.2) is 24.0 Å². The van der Waals surface area contributed by atoms with Crippen molar-refractivity contribution in [1.29, 1.82) is 0 Å². The Kier molecular flexibility index (Phi) is 1.78. The van der Waals surface area contributed by atoms with E-state index < -0.39 is 5.79 Å². The van der Waals surface area contributed by atoms with E-state index in [0.29, 0.717) is 5.76 Å². The molecule has 1 rings (SSSR count). The Morgan fingerprint density at radius 1 is 1.60 bits per heavy atom. The predicted octanol–water partition coefficient (Wildman–Crippen LogP) is 0.158. The molecular weight excluding hydrogens is 132 g/mol. The van der Waals surface area contributed by atoms with Gasteiger partial charge in [-0.05, 0) is 18.2 Å². The van der Waals surface area contributed by atoms with Crippen molar-refractivity contribution in [3.05, 3.63) is 24.0 Å². The lowest BCUT2D eigenvalue weighted by molar-refractivity contribution is -0.116. The zero-order chi connectivity index (χ0) is 7.61. The molecule has 0 bridgehead atoms. The standard InChI is InChI=1S/C7H10O3/c1-10-6-2-4-7(8,9)5-3-6/h2-4,8-9H,5H2,1H3. The second kappa shape index (κ2) is 2.44. The van der Waals surface area contributed by atoms with Crippen LogP contribution in [0.25, 0.3) is 0 Å². The van der Waals surface area contributed by atoms with Gasteiger partial charge in [0.2, 0.25) is 0 Å². The maximum absolute atomic E-state index is 8.96. The molecule has 2 N–H and O–H groups in total. The maximum Gasteiger partial charge on any atom is 0.186 e. The van der Waals surface area contributed by atoms with Crippen LogP contribution in [0, 0.1) is 0 Å². The van der Waals surface area contributed by atoms with Crippen LogP contribution in [0.5, 0.6) is 0 Å². The molecule has 0 saturated heterocycles. The van der Waals surface area contributed by atoms with Gasteiger partial charge in [0.1, 0.15) is 5.76 Å². The number of aliphatic hydroxyl groups is 2. The molecule has 1 aliphatic carbocycles. The molecule has 0 aliphatic heterocycles. The van der Waals surface area contributed by atoms with Gasteiger partial charge in [-0.2, -0.15) is 0 Å². The minimum Gasteiger partial charge on any atom is -0.497 e. The quantitative estimate of drug-likeness (QED) is 0.513. The highest BCUT2D eigenvalue weighted by Gasteiger charge is 2.20. The van der Waals surface area contributed by atoms with Crippen molar-refractivity contribution < 1.29 is 14.9 Å². The molecule has 0 unspecified atom stereocenters. The number of hydrogen-bond acceptors (Lipinski definition) is 3. The predicted molar refractivity (Wildman–Crippen MR) is 36.0 cm³/mol.